The van der Waals surface area contributed by atoms with E-state index < -0.39 is 0 Å². The molecule has 0 heterocycles. The molecule has 1 unspecified atom stereocenters. The van der Waals surface area contributed by atoms with Crippen molar-refractivity contribution in [1.82, 2.24) is 0 Å². The number of para-hydroxylation sites is 1. The van der Waals surface area contributed by atoms with Crippen LogP contribution in [-0.2, 0) is 6.42 Å². The molecule has 1 aromatic carbocycles. The number of hydrogen-bond donors (Lipinski definition) is 0. The van der Waals surface area contributed by atoms with Gasteiger partial charge in [0.05, 0.1) is 6.61 Å². The lowest BCUT2D eigenvalue weighted by molar-refractivity contribution is 0.332. The molecule has 0 saturated heterocycles. The van der Waals surface area contributed by atoms with Gasteiger partial charge in [-0.3, -0.25) is 0 Å². The molecule has 0 N–H and O–H groups in total. The van der Waals surface area contributed by atoms with Crippen LogP contribution in [0.3, 0.4) is 0 Å². The minimum Gasteiger partial charge on any atom is -0.493 e. The number of allylic oxidation sites excluding steroid dienone is 1. The van der Waals surface area contributed by atoms with Gasteiger partial charge in [-0.1, -0.05) is 38.1 Å². The van der Waals surface area contributed by atoms with Gasteiger partial charge in [0.15, 0.2) is 0 Å². The first-order valence-electron chi connectivity index (χ1n) is 5.61. The van der Waals surface area contributed by atoms with Gasteiger partial charge in [-0.05, 0) is 18.9 Å². The normalized spacial score (nSPS) is 12.2. The molecule has 1 atom stereocenters. The lowest BCUT2D eigenvalue weighted by atomic mass is 9.97. The highest BCUT2D eigenvalue weighted by Gasteiger charge is 2.11. The van der Waals surface area contributed by atoms with Crippen molar-refractivity contribution in [3.05, 3.63) is 42.0 Å². The summed E-state index contributed by atoms with van der Waals surface area (Å²) in [6.45, 7) is 10.9. The van der Waals surface area contributed by atoms with Crippen LogP contribution in [0.5, 0.6) is 5.75 Å². The number of benzene rings is 1. The molecular weight excluding hydrogens is 184 g/mol. The van der Waals surface area contributed by atoms with Crippen molar-refractivity contribution in [2.45, 2.75) is 33.1 Å². The van der Waals surface area contributed by atoms with Gasteiger partial charge < -0.3 is 4.74 Å². The predicted octanol–water partition coefficient (Wildman–Crippen LogP) is 3.94. The molecule has 0 fully saturated rings. The van der Waals surface area contributed by atoms with Crippen molar-refractivity contribution >= 4 is 0 Å². The summed E-state index contributed by atoms with van der Waals surface area (Å²) < 4.78 is 5.73. The first-order chi connectivity index (χ1) is 7.24. The lowest BCUT2D eigenvalue weighted by Crippen LogP contribution is -2.02. The van der Waals surface area contributed by atoms with Crippen molar-refractivity contribution in [2.24, 2.45) is 0 Å². The zero-order valence-corrected chi connectivity index (χ0v) is 9.92. The molecule has 0 radical (unpaired) electrons. The van der Waals surface area contributed by atoms with E-state index in [-0.39, 0.29) is 0 Å². The molecule has 0 aliphatic rings. The average Bonchev–Trinajstić information content (AvgIpc) is 2.28. The number of hydrogen-bond acceptors (Lipinski definition) is 1. The summed E-state index contributed by atoms with van der Waals surface area (Å²) in [4.78, 5) is 0. The van der Waals surface area contributed by atoms with Crippen LogP contribution in [0.25, 0.3) is 0 Å². The summed E-state index contributed by atoms with van der Waals surface area (Å²) in [5, 5.41) is 0. The smallest absolute Gasteiger partial charge is 0.126 e. The van der Waals surface area contributed by atoms with Crippen molar-refractivity contribution in [1.29, 1.82) is 0 Å². The van der Waals surface area contributed by atoms with E-state index in [2.05, 4.69) is 38.6 Å². The standard InChI is InChI=1S/C14H20O/c1-5-11(4)13-10-8-9-12(6-2)14(13)15-7-3/h5,8-11H,1,6-7H2,2-4H3. The highest BCUT2D eigenvalue weighted by molar-refractivity contribution is 5.44. The molecular formula is C14H20O. The van der Waals surface area contributed by atoms with E-state index in [1.165, 1.54) is 11.1 Å². The molecule has 0 aromatic heterocycles. The van der Waals surface area contributed by atoms with Gasteiger partial charge in [-0.25, -0.2) is 0 Å². The Kier molecular flexibility index (Phi) is 4.41. The van der Waals surface area contributed by atoms with E-state index in [4.69, 9.17) is 4.74 Å². The van der Waals surface area contributed by atoms with Gasteiger partial charge in [0.25, 0.3) is 0 Å². The van der Waals surface area contributed by atoms with E-state index in [0.29, 0.717) is 12.5 Å². The van der Waals surface area contributed by atoms with Crippen LogP contribution in [0, 0.1) is 0 Å². The van der Waals surface area contributed by atoms with E-state index >= 15 is 0 Å². The summed E-state index contributed by atoms with van der Waals surface area (Å²) >= 11 is 0. The van der Waals surface area contributed by atoms with Crippen molar-refractivity contribution in [3.63, 3.8) is 0 Å². The maximum atomic E-state index is 5.73. The van der Waals surface area contributed by atoms with Crippen molar-refractivity contribution in [2.75, 3.05) is 6.61 Å². The molecule has 1 aromatic rings. The fourth-order valence-electron chi connectivity index (χ4n) is 1.69. The molecule has 0 saturated carbocycles. The lowest BCUT2D eigenvalue weighted by Gasteiger charge is -2.16. The monoisotopic (exact) mass is 204 g/mol. The first-order valence-corrected chi connectivity index (χ1v) is 5.61. The quantitative estimate of drug-likeness (QED) is 0.660. The van der Waals surface area contributed by atoms with Crippen molar-refractivity contribution in [3.8, 4) is 5.75 Å². The second kappa shape index (κ2) is 5.59. The van der Waals surface area contributed by atoms with Crippen molar-refractivity contribution < 1.29 is 4.74 Å². The third-order valence-electron chi connectivity index (χ3n) is 2.64. The molecule has 82 valence electrons. The number of ether oxygens (including phenoxy) is 1. The summed E-state index contributed by atoms with van der Waals surface area (Å²) in [5.74, 6) is 1.40. The molecule has 1 nitrogen and oxygen atoms in total. The third kappa shape index (κ3) is 2.62. The molecule has 0 amide bonds. The molecule has 1 rings (SSSR count). The Hall–Kier alpha value is -1.24. The molecule has 0 aliphatic heterocycles. The van der Waals surface area contributed by atoms with Crippen LogP contribution in [0.15, 0.2) is 30.9 Å². The summed E-state index contributed by atoms with van der Waals surface area (Å²) in [6.07, 6.45) is 2.96. The second-order valence-electron chi connectivity index (χ2n) is 3.65. The third-order valence-corrected chi connectivity index (χ3v) is 2.64. The Morgan fingerprint density at radius 2 is 2.13 bits per heavy atom. The predicted molar refractivity (Wildman–Crippen MR) is 65.6 cm³/mol. The Bertz CT molecular complexity index is 328. The number of rotatable bonds is 5. The zero-order chi connectivity index (χ0) is 11.3. The molecule has 0 aliphatic carbocycles. The second-order valence-corrected chi connectivity index (χ2v) is 3.65. The fraction of sp³-hybridized carbons (Fsp3) is 0.429. The SMILES string of the molecule is C=CC(C)c1cccc(CC)c1OCC. The summed E-state index contributed by atoms with van der Waals surface area (Å²) in [6, 6.07) is 6.34. The largest absolute Gasteiger partial charge is 0.493 e. The molecule has 15 heavy (non-hydrogen) atoms. The van der Waals surface area contributed by atoms with Crippen LogP contribution in [-0.4, -0.2) is 6.61 Å². The van der Waals surface area contributed by atoms with E-state index in [1.807, 2.05) is 13.0 Å². The minimum absolute atomic E-state index is 0.345. The Morgan fingerprint density at radius 3 is 2.67 bits per heavy atom. The zero-order valence-electron chi connectivity index (χ0n) is 9.92. The Labute approximate surface area is 92.8 Å². The molecule has 0 bridgehead atoms. The maximum Gasteiger partial charge on any atom is 0.126 e. The van der Waals surface area contributed by atoms with Crippen LogP contribution in [0.4, 0.5) is 0 Å². The molecule has 1 heteroatoms. The Morgan fingerprint density at radius 1 is 1.40 bits per heavy atom. The topological polar surface area (TPSA) is 9.23 Å². The fourth-order valence-corrected chi connectivity index (χ4v) is 1.69. The summed E-state index contributed by atoms with van der Waals surface area (Å²) in [5.41, 5.74) is 2.52. The maximum absolute atomic E-state index is 5.73. The highest BCUT2D eigenvalue weighted by atomic mass is 16.5. The first kappa shape index (κ1) is 11.8. The van der Waals surface area contributed by atoms with E-state index in [1.54, 1.807) is 0 Å². The van der Waals surface area contributed by atoms with Crippen LogP contribution in [0.2, 0.25) is 0 Å². The van der Waals surface area contributed by atoms with Gasteiger partial charge in [0.1, 0.15) is 5.75 Å². The molecule has 0 spiro atoms. The van der Waals surface area contributed by atoms with E-state index in [9.17, 15) is 0 Å². The van der Waals surface area contributed by atoms with Crippen LogP contribution in [0.1, 0.15) is 37.8 Å². The van der Waals surface area contributed by atoms with Crippen LogP contribution >= 0.6 is 0 Å². The highest BCUT2D eigenvalue weighted by Crippen LogP contribution is 2.31. The van der Waals surface area contributed by atoms with Gasteiger partial charge in [-0.15, -0.1) is 6.58 Å². The Balaban J connectivity index is 3.17. The van der Waals surface area contributed by atoms with Gasteiger partial charge in [0, 0.05) is 11.5 Å². The summed E-state index contributed by atoms with van der Waals surface area (Å²) in [7, 11) is 0. The van der Waals surface area contributed by atoms with Gasteiger partial charge >= 0.3 is 0 Å². The van der Waals surface area contributed by atoms with Gasteiger partial charge in [-0.2, -0.15) is 0 Å². The average molecular weight is 204 g/mol. The number of aryl methyl sites for hydroxylation is 1. The van der Waals surface area contributed by atoms with Crippen LogP contribution < -0.4 is 4.74 Å². The minimum atomic E-state index is 0.345. The van der Waals surface area contributed by atoms with Gasteiger partial charge in [0.2, 0.25) is 0 Å². The van der Waals surface area contributed by atoms with E-state index in [0.717, 1.165) is 12.2 Å².